The summed E-state index contributed by atoms with van der Waals surface area (Å²) in [5.41, 5.74) is 0. The molecule has 0 bridgehead atoms. The summed E-state index contributed by atoms with van der Waals surface area (Å²) in [7, 11) is 0. The molecule has 1 rings (SSSR count). The number of aromatic nitrogens is 2. The molecule has 7 nitrogen and oxygen atoms in total. The number of nitrogens with one attached hydrogen (secondary N) is 3. The first-order valence-electron chi connectivity index (χ1n) is 5.38. The predicted octanol–water partition coefficient (Wildman–Crippen LogP) is -0.185. The standard InChI is InChI=1S/C10H16N4O3/c1-2-17-9(15)7-14-10(16)13-4-3-8-11-5-6-12-8/h5-6H,2-4,7H2,1H3,(H,11,12)(H2,13,14,16). The first kappa shape index (κ1) is 13.0. The van der Waals surface area contributed by atoms with Gasteiger partial charge in [0.2, 0.25) is 0 Å². The van der Waals surface area contributed by atoms with Crippen LogP contribution in [0.3, 0.4) is 0 Å². The Bertz CT molecular complexity index is 350. The summed E-state index contributed by atoms with van der Waals surface area (Å²) in [6.45, 7) is 2.34. The average Bonchev–Trinajstić information content (AvgIpc) is 2.80. The first-order valence-corrected chi connectivity index (χ1v) is 5.38. The number of imidazole rings is 1. The molecule has 2 amide bonds. The van der Waals surface area contributed by atoms with Crippen molar-refractivity contribution >= 4 is 12.0 Å². The number of H-pyrrole nitrogens is 1. The van der Waals surface area contributed by atoms with Crippen LogP contribution in [0.15, 0.2) is 12.4 Å². The molecule has 0 aromatic carbocycles. The number of rotatable bonds is 6. The number of aromatic amines is 1. The Kier molecular flexibility index (Phi) is 5.56. The Morgan fingerprint density at radius 2 is 2.29 bits per heavy atom. The van der Waals surface area contributed by atoms with Gasteiger partial charge in [0.25, 0.3) is 0 Å². The van der Waals surface area contributed by atoms with E-state index in [-0.39, 0.29) is 6.54 Å². The molecule has 1 heterocycles. The minimum absolute atomic E-state index is 0.125. The van der Waals surface area contributed by atoms with E-state index in [1.54, 1.807) is 19.3 Å². The molecular formula is C10H16N4O3. The largest absolute Gasteiger partial charge is 0.465 e. The molecule has 0 spiro atoms. The molecule has 0 unspecified atom stereocenters. The third kappa shape index (κ3) is 5.55. The maximum atomic E-state index is 11.2. The van der Waals surface area contributed by atoms with Gasteiger partial charge >= 0.3 is 12.0 Å². The lowest BCUT2D eigenvalue weighted by Crippen LogP contribution is -2.39. The molecule has 0 radical (unpaired) electrons. The SMILES string of the molecule is CCOC(=O)CNC(=O)NCCc1ncc[nH]1. The van der Waals surface area contributed by atoms with Crippen molar-refractivity contribution in [3.05, 3.63) is 18.2 Å². The molecule has 0 fully saturated rings. The van der Waals surface area contributed by atoms with Crippen molar-refractivity contribution < 1.29 is 14.3 Å². The lowest BCUT2D eigenvalue weighted by molar-refractivity contribution is -0.141. The number of hydrogen-bond donors (Lipinski definition) is 3. The fourth-order valence-electron chi connectivity index (χ4n) is 1.16. The van der Waals surface area contributed by atoms with Crippen LogP contribution in [0.25, 0.3) is 0 Å². The smallest absolute Gasteiger partial charge is 0.325 e. The van der Waals surface area contributed by atoms with E-state index in [4.69, 9.17) is 0 Å². The van der Waals surface area contributed by atoms with Crippen molar-refractivity contribution in [2.45, 2.75) is 13.3 Å². The summed E-state index contributed by atoms with van der Waals surface area (Å²) in [6, 6.07) is -0.399. The third-order valence-corrected chi connectivity index (χ3v) is 1.90. The summed E-state index contributed by atoms with van der Waals surface area (Å²) in [5, 5.41) is 4.99. The van der Waals surface area contributed by atoms with Gasteiger partial charge in [0.1, 0.15) is 12.4 Å². The van der Waals surface area contributed by atoms with Crippen molar-refractivity contribution in [3.8, 4) is 0 Å². The van der Waals surface area contributed by atoms with Crippen molar-refractivity contribution in [2.24, 2.45) is 0 Å². The van der Waals surface area contributed by atoms with Crippen LogP contribution >= 0.6 is 0 Å². The number of hydrogen-bond acceptors (Lipinski definition) is 4. The molecule has 17 heavy (non-hydrogen) atoms. The summed E-state index contributed by atoms with van der Waals surface area (Å²) in [6.07, 6.45) is 3.98. The number of carbonyl (C=O) groups is 2. The van der Waals surface area contributed by atoms with Crippen LogP contribution in [-0.4, -0.2) is 41.7 Å². The molecule has 0 atom stereocenters. The van der Waals surface area contributed by atoms with Crippen LogP contribution in [0.1, 0.15) is 12.7 Å². The Morgan fingerprint density at radius 1 is 1.47 bits per heavy atom. The van der Waals surface area contributed by atoms with Gasteiger partial charge in [0, 0.05) is 25.4 Å². The van der Waals surface area contributed by atoms with E-state index in [2.05, 4.69) is 25.3 Å². The zero-order valence-electron chi connectivity index (χ0n) is 9.66. The zero-order valence-corrected chi connectivity index (χ0v) is 9.66. The number of nitrogens with zero attached hydrogens (tertiary/aromatic N) is 1. The molecule has 94 valence electrons. The van der Waals surface area contributed by atoms with Crippen LogP contribution in [0, 0.1) is 0 Å². The second-order valence-corrected chi connectivity index (χ2v) is 3.20. The van der Waals surface area contributed by atoms with E-state index >= 15 is 0 Å². The van der Waals surface area contributed by atoms with Gasteiger partial charge in [-0.3, -0.25) is 4.79 Å². The Balaban J connectivity index is 2.07. The Hall–Kier alpha value is -2.05. The van der Waals surface area contributed by atoms with E-state index in [0.717, 1.165) is 5.82 Å². The van der Waals surface area contributed by atoms with Crippen LogP contribution in [0.4, 0.5) is 4.79 Å². The van der Waals surface area contributed by atoms with Crippen LogP contribution in [0.2, 0.25) is 0 Å². The highest BCUT2D eigenvalue weighted by molar-refractivity contribution is 5.80. The lowest BCUT2D eigenvalue weighted by Gasteiger charge is -2.06. The van der Waals surface area contributed by atoms with E-state index in [1.165, 1.54) is 0 Å². The molecule has 0 aliphatic rings. The van der Waals surface area contributed by atoms with Gasteiger partial charge in [-0.25, -0.2) is 9.78 Å². The molecule has 7 heteroatoms. The zero-order chi connectivity index (χ0) is 12.5. The fourth-order valence-corrected chi connectivity index (χ4v) is 1.16. The van der Waals surface area contributed by atoms with Gasteiger partial charge in [0.05, 0.1) is 6.61 Å². The summed E-state index contributed by atoms with van der Waals surface area (Å²) < 4.78 is 4.66. The highest BCUT2D eigenvalue weighted by Crippen LogP contribution is 1.87. The van der Waals surface area contributed by atoms with Gasteiger partial charge < -0.3 is 20.4 Å². The van der Waals surface area contributed by atoms with Crippen molar-refractivity contribution in [3.63, 3.8) is 0 Å². The highest BCUT2D eigenvalue weighted by atomic mass is 16.5. The topological polar surface area (TPSA) is 96.1 Å². The van der Waals surface area contributed by atoms with Crippen LogP contribution < -0.4 is 10.6 Å². The normalized spacial score (nSPS) is 9.71. The number of ether oxygens (including phenoxy) is 1. The molecule has 0 saturated heterocycles. The lowest BCUT2D eigenvalue weighted by atomic mass is 10.4. The van der Waals surface area contributed by atoms with Crippen molar-refractivity contribution in [2.75, 3.05) is 19.7 Å². The molecule has 0 saturated carbocycles. The maximum Gasteiger partial charge on any atom is 0.325 e. The van der Waals surface area contributed by atoms with Crippen molar-refractivity contribution in [1.82, 2.24) is 20.6 Å². The average molecular weight is 240 g/mol. The molecule has 0 aliphatic carbocycles. The molecule has 0 aliphatic heterocycles. The molecule has 1 aromatic heterocycles. The summed E-state index contributed by atoms with van der Waals surface area (Å²) >= 11 is 0. The van der Waals surface area contributed by atoms with Gasteiger partial charge in [-0.05, 0) is 6.92 Å². The Morgan fingerprint density at radius 3 is 2.94 bits per heavy atom. The summed E-state index contributed by atoms with van der Waals surface area (Å²) in [4.78, 5) is 29.1. The minimum atomic E-state index is -0.450. The quantitative estimate of drug-likeness (QED) is 0.601. The predicted molar refractivity (Wildman–Crippen MR) is 60.3 cm³/mol. The number of amides is 2. The maximum absolute atomic E-state index is 11.2. The monoisotopic (exact) mass is 240 g/mol. The molecule has 1 aromatic rings. The fraction of sp³-hybridized carbons (Fsp3) is 0.500. The second-order valence-electron chi connectivity index (χ2n) is 3.20. The van der Waals surface area contributed by atoms with Crippen molar-refractivity contribution in [1.29, 1.82) is 0 Å². The van der Waals surface area contributed by atoms with E-state index in [1.807, 2.05) is 0 Å². The molecular weight excluding hydrogens is 224 g/mol. The second kappa shape index (κ2) is 7.26. The molecule has 3 N–H and O–H groups in total. The van der Waals surface area contributed by atoms with Gasteiger partial charge in [-0.1, -0.05) is 0 Å². The van der Waals surface area contributed by atoms with Gasteiger partial charge in [-0.15, -0.1) is 0 Å². The first-order chi connectivity index (χ1) is 8.22. The van der Waals surface area contributed by atoms with E-state index in [0.29, 0.717) is 19.6 Å². The number of esters is 1. The van der Waals surface area contributed by atoms with E-state index < -0.39 is 12.0 Å². The van der Waals surface area contributed by atoms with Gasteiger partial charge in [0.15, 0.2) is 0 Å². The minimum Gasteiger partial charge on any atom is -0.465 e. The van der Waals surface area contributed by atoms with E-state index in [9.17, 15) is 9.59 Å². The van der Waals surface area contributed by atoms with Crippen LogP contribution in [-0.2, 0) is 16.0 Å². The van der Waals surface area contributed by atoms with Gasteiger partial charge in [-0.2, -0.15) is 0 Å². The number of carbonyl (C=O) groups excluding carboxylic acids is 2. The number of urea groups is 1. The van der Waals surface area contributed by atoms with Crippen LogP contribution in [0.5, 0.6) is 0 Å². The highest BCUT2D eigenvalue weighted by Gasteiger charge is 2.05. The Labute approximate surface area is 99.0 Å². The third-order valence-electron chi connectivity index (χ3n) is 1.90. The summed E-state index contributed by atoms with van der Waals surface area (Å²) in [5.74, 6) is 0.351.